The van der Waals surface area contributed by atoms with E-state index in [4.69, 9.17) is 5.73 Å². The molecular formula is C14H19N5O2. The summed E-state index contributed by atoms with van der Waals surface area (Å²) < 4.78 is 1.54. The maximum Gasteiger partial charge on any atom is 0.352 e. The number of aromatic nitrogens is 2. The fourth-order valence-electron chi connectivity index (χ4n) is 3.03. The molecule has 0 aliphatic carbocycles. The molecule has 3 heterocycles. The molecule has 1 saturated heterocycles. The third-order valence-corrected chi connectivity index (χ3v) is 4.06. The maximum absolute atomic E-state index is 11.4. The molecule has 1 unspecified atom stereocenters. The number of likely N-dealkylation sites (tertiary alicyclic amines) is 1. The Hall–Kier alpha value is -1.99. The smallest absolute Gasteiger partial charge is 0.352 e. The van der Waals surface area contributed by atoms with Gasteiger partial charge in [-0.15, -0.1) is 0 Å². The second-order valence-corrected chi connectivity index (χ2v) is 5.55. The lowest BCUT2D eigenvalue weighted by atomic mass is 9.98. The zero-order valence-corrected chi connectivity index (χ0v) is 11.8. The molecule has 21 heavy (non-hydrogen) atoms. The van der Waals surface area contributed by atoms with Crippen molar-refractivity contribution in [3.05, 3.63) is 40.2 Å². The van der Waals surface area contributed by atoms with Crippen molar-refractivity contribution in [3.63, 3.8) is 0 Å². The molecule has 1 fully saturated rings. The van der Waals surface area contributed by atoms with Gasteiger partial charge in [-0.25, -0.2) is 4.98 Å². The minimum Gasteiger partial charge on any atom is -0.358 e. The quantitative estimate of drug-likeness (QED) is 0.679. The lowest BCUT2D eigenvalue weighted by Crippen LogP contribution is -2.38. The van der Waals surface area contributed by atoms with Crippen molar-refractivity contribution in [1.82, 2.24) is 14.3 Å². The number of imidazole rings is 1. The molecular weight excluding hydrogens is 270 g/mol. The number of hydrogen-bond donors (Lipinski definition) is 1. The van der Waals surface area contributed by atoms with Crippen LogP contribution in [0.1, 0.15) is 18.5 Å². The van der Waals surface area contributed by atoms with Crippen molar-refractivity contribution in [3.8, 4) is 0 Å². The number of nitrogens with zero attached hydrogens (tertiary/aromatic N) is 4. The van der Waals surface area contributed by atoms with Gasteiger partial charge in [0.25, 0.3) is 0 Å². The highest BCUT2D eigenvalue weighted by atomic mass is 16.6. The Morgan fingerprint density at radius 3 is 3.10 bits per heavy atom. The number of nitro groups is 1. The fourth-order valence-corrected chi connectivity index (χ4v) is 3.03. The molecule has 0 amide bonds. The van der Waals surface area contributed by atoms with E-state index in [1.54, 1.807) is 22.7 Å². The summed E-state index contributed by atoms with van der Waals surface area (Å²) in [6.45, 7) is 3.02. The molecule has 0 bridgehead atoms. The lowest BCUT2D eigenvalue weighted by Gasteiger charge is -2.31. The Kier molecular flexibility index (Phi) is 3.85. The highest BCUT2D eigenvalue weighted by molar-refractivity contribution is 5.48. The Morgan fingerprint density at radius 1 is 1.48 bits per heavy atom. The average molecular weight is 289 g/mol. The van der Waals surface area contributed by atoms with Crippen molar-refractivity contribution in [2.45, 2.75) is 19.4 Å². The average Bonchev–Trinajstić information content (AvgIpc) is 2.85. The van der Waals surface area contributed by atoms with Crippen molar-refractivity contribution < 1.29 is 4.92 Å². The topological polar surface area (TPSA) is 89.7 Å². The Balaban J connectivity index is 1.89. The van der Waals surface area contributed by atoms with E-state index in [0.29, 0.717) is 30.3 Å². The van der Waals surface area contributed by atoms with Crippen LogP contribution < -0.4 is 5.73 Å². The molecule has 0 aromatic carbocycles. The zero-order valence-electron chi connectivity index (χ0n) is 11.8. The number of pyridine rings is 1. The summed E-state index contributed by atoms with van der Waals surface area (Å²) in [4.78, 5) is 17.7. The number of fused-ring (bicyclic) bond motifs is 1. The van der Waals surface area contributed by atoms with Gasteiger partial charge >= 0.3 is 5.82 Å². The third kappa shape index (κ3) is 2.74. The summed E-state index contributed by atoms with van der Waals surface area (Å²) in [6.07, 6.45) is 3.91. The van der Waals surface area contributed by atoms with E-state index in [0.717, 1.165) is 25.9 Å². The fraction of sp³-hybridized carbons (Fsp3) is 0.500. The Labute approximate surface area is 122 Å². The van der Waals surface area contributed by atoms with Crippen LogP contribution in [0.15, 0.2) is 24.4 Å². The van der Waals surface area contributed by atoms with Crippen molar-refractivity contribution in [1.29, 1.82) is 0 Å². The maximum atomic E-state index is 11.4. The van der Waals surface area contributed by atoms with Crippen LogP contribution in [0.2, 0.25) is 0 Å². The van der Waals surface area contributed by atoms with Crippen LogP contribution in [0.5, 0.6) is 0 Å². The molecule has 112 valence electrons. The molecule has 2 aromatic rings. The van der Waals surface area contributed by atoms with E-state index in [9.17, 15) is 10.1 Å². The second-order valence-electron chi connectivity index (χ2n) is 5.55. The normalized spacial score (nSPS) is 20.0. The molecule has 0 saturated carbocycles. The molecule has 3 rings (SSSR count). The largest absolute Gasteiger partial charge is 0.358 e. The summed E-state index contributed by atoms with van der Waals surface area (Å²) in [5.41, 5.74) is 6.89. The van der Waals surface area contributed by atoms with E-state index in [1.807, 2.05) is 6.07 Å². The van der Waals surface area contributed by atoms with E-state index in [2.05, 4.69) is 9.88 Å². The van der Waals surface area contributed by atoms with E-state index >= 15 is 0 Å². The van der Waals surface area contributed by atoms with Gasteiger partial charge in [-0.05, 0) is 42.8 Å². The third-order valence-electron chi connectivity index (χ3n) is 4.06. The first-order chi connectivity index (χ1) is 10.2. The van der Waals surface area contributed by atoms with Crippen molar-refractivity contribution >= 4 is 11.5 Å². The predicted molar refractivity (Wildman–Crippen MR) is 78.9 cm³/mol. The van der Waals surface area contributed by atoms with Gasteiger partial charge in [-0.2, -0.15) is 4.40 Å². The number of nitrogens with two attached hydrogens (primary N) is 1. The summed E-state index contributed by atoms with van der Waals surface area (Å²) in [5, 5.41) is 11.4. The molecule has 0 spiro atoms. The first-order valence-electron chi connectivity index (χ1n) is 7.22. The van der Waals surface area contributed by atoms with Gasteiger partial charge in [0.1, 0.15) is 0 Å². The lowest BCUT2D eigenvalue weighted by molar-refractivity contribution is -0.391. The van der Waals surface area contributed by atoms with E-state index in [1.165, 1.54) is 0 Å². The van der Waals surface area contributed by atoms with Crippen LogP contribution in [0.4, 0.5) is 5.82 Å². The monoisotopic (exact) mass is 289 g/mol. The highest BCUT2D eigenvalue weighted by Gasteiger charge is 2.26. The molecule has 2 aromatic heterocycles. The number of hydrogen-bond acceptors (Lipinski definition) is 5. The molecule has 1 atom stereocenters. The van der Waals surface area contributed by atoms with E-state index < -0.39 is 0 Å². The van der Waals surface area contributed by atoms with Gasteiger partial charge in [0, 0.05) is 19.2 Å². The van der Waals surface area contributed by atoms with Crippen LogP contribution >= 0.6 is 0 Å². The molecule has 7 heteroatoms. The Morgan fingerprint density at radius 2 is 2.33 bits per heavy atom. The Bertz CT molecular complexity index is 654. The minimum absolute atomic E-state index is 0.0699. The number of rotatable bonds is 4. The summed E-state index contributed by atoms with van der Waals surface area (Å²) in [5.74, 6) is 0.551. The molecule has 2 N–H and O–H groups in total. The summed E-state index contributed by atoms with van der Waals surface area (Å²) in [6, 6.07) is 5.40. The second kappa shape index (κ2) is 5.79. The molecule has 7 nitrogen and oxygen atoms in total. The number of piperidine rings is 1. The minimum atomic E-state index is -0.348. The summed E-state index contributed by atoms with van der Waals surface area (Å²) >= 11 is 0. The van der Waals surface area contributed by atoms with Crippen molar-refractivity contribution in [2.75, 3.05) is 19.6 Å². The molecule has 1 aliphatic heterocycles. The zero-order chi connectivity index (χ0) is 14.8. The van der Waals surface area contributed by atoms with Gasteiger partial charge < -0.3 is 15.8 Å². The van der Waals surface area contributed by atoms with Crippen LogP contribution in [-0.4, -0.2) is 38.8 Å². The van der Waals surface area contributed by atoms with Crippen molar-refractivity contribution in [2.24, 2.45) is 11.7 Å². The van der Waals surface area contributed by atoms with Gasteiger partial charge in [-0.1, -0.05) is 6.07 Å². The molecule has 0 radical (unpaired) electrons. The van der Waals surface area contributed by atoms with Crippen LogP contribution in [0.3, 0.4) is 0 Å². The van der Waals surface area contributed by atoms with Crippen LogP contribution in [0, 0.1) is 16.0 Å². The van der Waals surface area contributed by atoms with Crippen LogP contribution in [-0.2, 0) is 6.54 Å². The van der Waals surface area contributed by atoms with E-state index in [-0.39, 0.29) is 10.7 Å². The SMILES string of the molecule is NCC1CCCN(Cc2nc3ccccn3c2[N+](=O)[O-])C1. The van der Waals surface area contributed by atoms with Gasteiger partial charge in [-0.3, -0.25) is 4.90 Å². The standard InChI is InChI=1S/C14H19N5O2/c15-8-11-4-3-6-17(9-11)10-12-14(19(20)21)18-7-2-1-5-13(18)16-12/h1-2,5,7,11H,3-4,6,8-10,15H2. The van der Waals surface area contributed by atoms with Gasteiger partial charge in [0.15, 0.2) is 5.69 Å². The van der Waals surface area contributed by atoms with Crippen LogP contribution in [0.25, 0.3) is 5.65 Å². The molecule has 1 aliphatic rings. The summed E-state index contributed by atoms with van der Waals surface area (Å²) in [7, 11) is 0. The predicted octanol–water partition coefficient (Wildman–Crippen LogP) is 1.41. The first-order valence-corrected chi connectivity index (χ1v) is 7.22. The van der Waals surface area contributed by atoms with Gasteiger partial charge in [0.2, 0.25) is 5.65 Å². The first kappa shape index (κ1) is 14.0. The van der Waals surface area contributed by atoms with Gasteiger partial charge in [0.05, 0.1) is 6.20 Å². The highest BCUT2D eigenvalue weighted by Crippen LogP contribution is 2.24.